The molecule has 3 heterocycles. The monoisotopic (exact) mass is 362 g/mol. The number of piperazine rings is 1. The van der Waals surface area contributed by atoms with E-state index in [1.807, 2.05) is 28.9 Å². The first kappa shape index (κ1) is 18.7. The van der Waals surface area contributed by atoms with Crippen LogP contribution in [0.3, 0.4) is 0 Å². The van der Waals surface area contributed by atoms with Crippen LogP contribution in [0.5, 0.6) is 0 Å². The van der Waals surface area contributed by atoms with E-state index in [-0.39, 0.29) is 12.0 Å². The van der Waals surface area contributed by atoms with Crippen molar-refractivity contribution in [2.24, 2.45) is 4.99 Å². The van der Waals surface area contributed by atoms with Gasteiger partial charge in [0.1, 0.15) is 6.10 Å². The Morgan fingerprint density at radius 3 is 2.73 bits per heavy atom. The maximum absolute atomic E-state index is 12.5. The minimum atomic E-state index is -0.221. The van der Waals surface area contributed by atoms with Crippen LogP contribution in [-0.4, -0.2) is 83.4 Å². The molecule has 1 atom stereocenters. The van der Waals surface area contributed by atoms with Crippen molar-refractivity contribution >= 4 is 11.9 Å². The number of amides is 1. The van der Waals surface area contributed by atoms with Crippen LogP contribution in [0.1, 0.15) is 25.3 Å². The van der Waals surface area contributed by atoms with Gasteiger partial charge >= 0.3 is 0 Å². The molecule has 3 rings (SSSR count). The number of nitrogens with one attached hydrogen (secondary N) is 1. The van der Waals surface area contributed by atoms with Crippen molar-refractivity contribution < 1.29 is 9.53 Å². The van der Waals surface area contributed by atoms with E-state index in [0.29, 0.717) is 13.2 Å². The van der Waals surface area contributed by atoms with Gasteiger partial charge in [0.05, 0.1) is 19.3 Å². The van der Waals surface area contributed by atoms with E-state index in [2.05, 4.69) is 22.2 Å². The molecule has 0 spiro atoms. The van der Waals surface area contributed by atoms with Gasteiger partial charge < -0.3 is 19.9 Å². The lowest BCUT2D eigenvalue weighted by Crippen LogP contribution is -2.55. The maximum atomic E-state index is 12.5. The Kier molecular flexibility index (Phi) is 6.49. The Balaban J connectivity index is 1.50. The van der Waals surface area contributed by atoms with Crippen LogP contribution in [0.25, 0.3) is 0 Å². The Morgan fingerprint density at radius 2 is 2.12 bits per heavy atom. The van der Waals surface area contributed by atoms with Crippen LogP contribution in [0.4, 0.5) is 0 Å². The van der Waals surface area contributed by atoms with E-state index in [4.69, 9.17) is 9.73 Å². The number of rotatable bonds is 5. The lowest BCUT2D eigenvalue weighted by molar-refractivity contribution is -0.142. The quantitative estimate of drug-likeness (QED) is 0.609. The Hall–Kier alpha value is -2.09. The van der Waals surface area contributed by atoms with Gasteiger partial charge in [-0.25, -0.2) is 0 Å². The molecule has 2 saturated heterocycles. The lowest BCUT2D eigenvalue weighted by atomic mass is 10.2. The second kappa shape index (κ2) is 9.02. The first-order chi connectivity index (χ1) is 12.7. The highest BCUT2D eigenvalue weighted by atomic mass is 16.5. The molecule has 2 fully saturated rings. The zero-order valence-electron chi connectivity index (χ0n) is 15.9. The van der Waals surface area contributed by atoms with Gasteiger partial charge in [-0.05, 0) is 32.3 Å². The first-order valence-electron chi connectivity index (χ1n) is 9.60. The number of aromatic nitrogens is 2. The van der Waals surface area contributed by atoms with Crippen molar-refractivity contribution in [1.82, 2.24) is 24.9 Å². The molecule has 8 nitrogen and oxygen atoms in total. The Labute approximate surface area is 155 Å². The zero-order chi connectivity index (χ0) is 18.4. The summed E-state index contributed by atoms with van der Waals surface area (Å²) >= 11 is 0. The number of carbonyl (C=O) groups excluding carboxylic acids is 1. The smallest absolute Gasteiger partial charge is 0.251 e. The maximum Gasteiger partial charge on any atom is 0.251 e. The molecule has 0 saturated carbocycles. The predicted octanol–water partition coefficient (Wildman–Crippen LogP) is 0.480. The fraction of sp³-hybridized carbons (Fsp3) is 0.722. The van der Waals surface area contributed by atoms with Crippen molar-refractivity contribution in [1.29, 1.82) is 0 Å². The van der Waals surface area contributed by atoms with Crippen LogP contribution < -0.4 is 5.32 Å². The van der Waals surface area contributed by atoms with E-state index in [1.54, 1.807) is 0 Å². The molecule has 26 heavy (non-hydrogen) atoms. The standard InChI is InChI=1S/C18H30N6O2/c1-3-19-18(20-6-7-24-14-15(2)13-21-24)23-10-8-22(9-11-23)17(25)16-5-4-12-26-16/h13-14,16H,3-12H2,1-2H3,(H,19,20). The van der Waals surface area contributed by atoms with Crippen molar-refractivity contribution in [3.8, 4) is 0 Å². The van der Waals surface area contributed by atoms with Gasteiger partial charge in [0, 0.05) is 45.5 Å². The molecule has 0 aromatic carbocycles. The van der Waals surface area contributed by atoms with Gasteiger partial charge in [0.2, 0.25) is 0 Å². The van der Waals surface area contributed by atoms with Gasteiger partial charge in [-0.2, -0.15) is 5.10 Å². The largest absolute Gasteiger partial charge is 0.368 e. The third kappa shape index (κ3) is 4.75. The average Bonchev–Trinajstić information content (AvgIpc) is 3.32. The topological polar surface area (TPSA) is 75.0 Å². The molecule has 1 N–H and O–H groups in total. The molecule has 2 aliphatic heterocycles. The van der Waals surface area contributed by atoms with Crippen LogP contribution in [0.2, 0.25) is 0 Å². The normalized spacial score (nSPS) is 21.3. The van der Waals surface area contributed by atoms with Crippen LogP contribution in [0.15, 0.2) is 17.4 Å². The van der Waals surface area contributed by atoms with Crippen molar-refractivity contribution in [2.45, 2.75) is 39.3 Å². The van der Waals surface area contributed by atoms with Gasteiger partial charge in [0.15, 0.2) is 5.96 Å². The summed E-state index contributed by atoms with van der Waals surface area (Å²) in [6.07, 6.45) is 5.51. The molecular weight excluding hydrogens is 332 g/mol. The third-order valence-corrected chi connectivity index (χ3v) is 4.78. The summed E-state index contributed by atoms with van der Waals surface area (Å²) in [5.74, 6) is 1.07. The zero-order valence-corrected chi connectivity index (χ0v) is 15.9. The molecule has 1 amide bonds. The Morgan fingerprint density at radius 1 is 1.35 bits per heavy atom. The van der Waals surface area contributed by atoms with Gasteiger partial charge in [0.25, 0.3) is 5.91 Å². The first-order valence-corrected chi connectivity index (χ1v) is 9.60. The number of aliphatic imine (C=N–C) groups is 1. The number of guanidine groups is 1. The fourth-order valence-electron chi connectivity index (χ4n) is 3.39. The molecule has 0 radical (unpaired) electrons. The Bertz CT molecular complexity index is 615. The summed E-state index contributed by atoms with van der Waals surface area (Å²) < 4.78 is 7.45. The van der Waals surface area contributed by atoms with E-state index in [0.717, 1.165) is 63.6 Å². The van der Waals surface area contributed by atoms with Gasteiger partial charge in [-0.3, -0.25) is 14.5 Å². The lowest BCUT2D eigenvalue weighted by Gasteiger charge is -2.37. The second-order valence-corrected chi connectivity index (χ2v) is 6.83. The van der Waals surface area contributed by atoms with E-state index < -0.39 is 0 Å². The molecule has 8 heteroatoms. The summed E-state index contributed by atoms with van der Waals surface area (Å²) in [6, 6.07) is 0. The molecule has 1 unspecified atom stereocenters. The summed E-state index contributed by atoms with van der Waals surface area (Å²) in [5, 5.41) is 7.66. The molecular formula is C18H30N6O2. The van der Waals surface area contributed by atoms with Crippen molar-refractivity contribution in [2.75, 3.05) is 45.9 Å². The highest BCUT2D eigenvalue weighted by Crippen LogP contribution is 2.16. The average molecular weight is 362 g/mol. The summed E-state index contributed by atoms with van der Waals surface area (Å²) in [4.78, 5) is 21.4. The van der Waals surface area contributed by atoms with Crippen LogP contribution in [0, 0.1) is 6.92 Å². The summed E-state index contributed by atoms with van der Waals surface area (Å²) in [6.45, 7) is 10.1. The van der Waals surface area contributed by atoms with Crippen molar-refractivity contribution in [3.63, 3.8) is 0 Å². The number of hydrogen-bond acceptors (Lipinski definition) is 4. The molecule has 1 aromatic rings. The van der Waals surface area contributed by atoms with Gasteiger partial charge in [-0.1, -0.05) is 0 Å². The van der Waals surface area contributed by atoms with Gasteiger partial charge in [-0.15, -0.1) is 0 Å². The molecule has 144 valence electrons. The molecule has 1 aromatic heterocycles. The van der Waals surface area contributed by atoms with Crippen LogP contribution in [-0.2, 0) is 16.1 Å². The summed E-state index contributed by atoms with van der Waals surface area (Å²) in [5.41, 5.74) is 1.16. The number of carbonyl (C=O) groups is 1. The third-order valence-electron chi connectivity index (χ3n) is 4.78. The highest BCUT2D eigenvalue weighted by molar-refractivity contribution is 5.82. The number of ether oxygens (including phenoxy) is 1. The van der Waals surface area contributed by atoms with Crippen LogP contribution >= 0.6 is 0 Å². The van der Waals surface area contributed by atoms with E-state index >= 15 is 0 Å². The predicted molar refractivity (Wildman–Crippen MR) is 100 cm³/mol. The number of nitrogens with zero attached hydrogens (tertiary/aromatic N) is 5. The summed E-state index contributed by atoms with van der Waals surface area (Å²) in [7, 11) is 0. The highest BCUT2D eigenvalue weighted by Gasteiger charge is 2.30. The van der Waals surface area contributed by atoms with E-state index in [9.17, 15) is 4.79 Å². The van der Waals surface area contributed by atoms with Crippen molar-refractivity contribution in [3.05, 3.63) is 18.0 Å². The molecule has 0 bridgehead atoms. The minimum absolute atomic E-state index is 0.151. The molecule has 0 aliphatic carbocycles. The number of hydrogen-bond donors (Lipinski definition) is 1. The SMILES string of the molecule is CCNC(=NCCn1cc(C)cn1)N1CCN(C(=O)C2CCCO2)CC1. The number of aryl methyl sites for hydroxylation is 1. The fourth-order valence-corrected chi connectivity index (χ4v) is 3.39. The minimum Gasteiger partial charge on any atom is -0.368 e. The van der Waals surface area contributed by atoms with E-state index in [1.165, 1.54) is 0 Å². The second-order valence-electron chi connectivity index (χ2n) is 6.83. The molecule has 2 aliphatic rings.